The molecule has 0 aliphatic carbocycles. The normalized spacial score (nSPS) is 28.2. The van der Waals surface area contributed by atoms with Gasteiger partial charge in [-0.2, -0.15) is 4.31 Å². The molecular weight excluding hydrogens is 278 g/mol. The van der Waals surface area contributed by atoms with E-state index in [4.69, 9.17) is 9.15 Å². The summed E-state index contributed by atoms with van der Waals surface area (Å²) >= 11 is 0. The zero-order valence-electron chi connectivity index (χ0n) is 11.7. The largest absolute Gasteiger partial charge is 0.465 e. The average Bonchev–Trinajstić information content (AvgIpc) is 3.07. The van der Waals surface area contributed by atoms with Crippen molar-refractivity contribution in [2.24, 2.45) is 0 Å². The maximum atomic E-state index is 12.6. The van der Waals surface area contributed by atoms with Crippen molar-refractivity contribution in [1.29, 1.82) is 0 Å². The SMILES string of the molecule is Cc1ccc([C@H]2CCCN2S(=O)(=O)C[C@@H]2CCCO2)o1. The highest BCUT2D eigenvalue weighted by Gasteiger charge is 2.38. The van der Waals surface area contributed by atoms with Crippen LogP contribution in [0.15, 0.2) is 16.5 Å². The third-order valence-corrected chi connectivity index (χ3v) is 6.02. The minimum absolute atomic E-state index is 0.100. The van der Waals surface area contributed by atoms with Crippen LogP contribution in [0.4, 0.5) is 0 Å². The summed E-state index contributed by atoms with van der Waals surface area (Å²) in [5.74, 6) is 1.68. The molecule has 0 spiro atoms. The minimum Gasteiger partial charge on any atom is -0.465 e. The summed E-state index contributed by atoms with van der Waals surface area (Å²) in [6, 6.07) is 3.63. The third kappa shape index (κ3) is 2.77. The number of rotatable bonds is 4. The van der Waals surface area contributed by atoms with Gasteiger partial charge in [0.1, 0.15) is 11.5 Å². The van der Waals surface area contributed by atoms with Gasteiger partial charge in [0.2, 0.25) is 10.0 Å². The smallest absolute Gasteiger partial charge is 0.217 e. The molecule has 2 fully saturated rings. The van der Waals surface area contributed by atoms with Crippen molar-refractivity contribution in [3.05, 3.63) is 23.7 Å². The highest BCUT2D eigenvalue weighted by atomic mass is 32.2. The first-order chi connectivity index (χ1) is 9.56. The van der Waals surface area contributed by atoms with Gasteiger partial charge in [0.05, 0.1) is 17.9 Å². The maximum absolute atomic E-state index is 12.6. The zero-order chi connectivity index (χ0) is 14.2. The Kier molecular flexibility index (Phi) is 3.88. The highest BCUT2D eigenvalue weighted by molar-refractivity contribution is 7.89. The fourth-order valence-corrected chi connectivity index (χ4v) is 5.02. The molecule has 1 aromatic rings. The van der Waals surface area contributed by atoms with Crippen LogP contribution < -0.4 is 0 Å². The molecule has 2 aliphatic heterocycles. The lowest BCUT2D eigenvalue weighted by Crippen LogP contribution is -2.36. The molecule has 0 radical (unpaired) electrons. The monoisotopic (exact) mass is 299 g/mol. The molecule has 0 bridgehead atoms. The topological polar surface area (TPSA) is 59.8 Å². The van der Waals surface area contributed by atoms with Gasteiger partial charge in [-0.3, -0.25) is 0 Å². The highest BCUT2D eigenvalue weighted by Crippen LogP contribution is 2.35. The van der Waals surface area contributed by atoms with E-state index in [1.165, 1.54) is 0 Å². The first-order valence-corrected chi connectivity index (χ1v) is 8.84. The molecule has 2 aliphatic rings. The Balaban J connectivity index is 1.77. The number of nitrogens with zero attached hydrogens (tertiary/aromatic N) is 1. The molecule has 3 heterocycles. The molecule has 112 valence electrons. The summed E-state index contributed by atoms with van der Waals surface area (Å²) in [5, 5.41) is 0. The number of ether oxygens (including phenoxy) is 1. The fourth-order valence-electron chi connectivity index (χ4n) is 3.10. The molecule has 0 amide bonds. The van der Waals surface area contributed by atoms with E-state index in [-0.39, 0.29) is 17.9 Å². The van der Waals surface area contributed by atoms with E-state index in [2.05, 4.69) is 0 Å². The van der Waals surface area contributed by atoms with Crippen LogP contribution in [0.25, 0.3) is 0 Å². The maximum Gasteiger partial charge on any atom is 0.217 e. The van der Waals surface area contributed by atoms with Crippen molar-refractivity contribution in [3.63, 3.8) is 0 Å². The summed E-state index contributed by atoms with van der Waals surface area (Å²) in [5.41, 5.74) is 0. The molecule has 6 heteroatoms. The molecule has 0 N–H and O–H groups in total. The number of hydrogen-bond acceptors (Lipinski definition) is 4. The third-order valence-electron chi connectivity index (χ3n) is 4.07. The van der Waals surface area contributed by atoms with Crippen LogP contribution in [0.3, 0.4) is 0 Å². The van der Waals surface area contributed by atoms with Gasteiger partial charge in [0.25, 0.3) is 0 Å². The van der Waals surface area contributed by atoms with E-state index >= 15 is 0 Å². The predicted molar refractivity (Wildman–Crippen MR) is 74.9 cm³/mol. The Labute approximate surface area is 119 Å². The Morgan fingerprint density at radius 3 is 2.80 bits per heavy atom. The number of hydrogen-bond donors (Lipinski definition) is 0. The molecule has 20 heavy (non-hydrogen) atoms. The summed E-state index contributed by atoms with van der Waals surface area (Å²) < 4.78 is 37.9. The van der Waals surface area contributed by atoms with Crippen molar-refractivity contribution in [3.8, 4) is 0 Å². The lowest BCUT2D eigenvalue weighted by Gasteiger charge is -2.24. The molecule has 5 nitrogen and oxygen atoms in total. The van der Waals surface area contributed by atoms with Crippen LogP contribution in [-0.2, 0) is 14.8 Å². The van der Waals surface area contributed by atoms with E-state index in [1.807, 2.05) is 19.1 Å². The second-order valence-corrected chi connectivity index (χ2v) is 7.60. The Morgan fingerprint density at radius 1 is 1.30 bits per heavy atom. The van der Waals surface area contributed by atoms with Gasteiger partial charge in [-0.15, -0.1) is 0 Å². The lowest BCUT2D eigenvalue weighted by atomic mass is 10.2. The standard InChI is InChI=1S/C14H21NO4S/c1-11-6-7-14(19-11)13-5-2-8-15(13)20(16,17)10-12-4-3-9-18-12/h6-7,12-13H,2-5,8-10H2,1H3/t12-,13+/m0/s1. The zero-order valence-corrected chi connectivity index (χ0v) is 12.6. The molecule has 2 atom stereocenters. The Hall–Kier alpha value is -0.850. The van der Waals surface area contributed by atoms with Gasteiger partial charge >= 0.3 is 0 Å². The lowest BCUT2D eigenvalue weighted by molar-refractivity contribution is 0.126. The molecule has 2 saturated heterocycles. The second-order valence-electron chi connectivity index (χ2n) is 5.63. The van der Waals surface area contributed by atoms with Crippen molar-refractivity contribution >= 4 is 10.0 Å². The Bertz CT molecular complexity index is 559. The van der Waals surface area contributed by atoms with E-state index < -0.39 is 10.0 Å². The predicted octanol–water partition coefficient (Wildman–Crippen LogP) is 2.23. The summed E-state index contributed by atoms with van der Waals surface area (Å²) in [6.07, 6.45) is 3.38. The van der Waals surface area contributed by atoms with Crippen LogP contribution in [0, 0.1) is 6.92 Å². The average molecular weight is 299 g/mol. The van der Waals surface area contributed by atoms with E-state index in [1.54, 1.807) is 4.31 Å². The summed E-state index contributed by atoms with van der Waals surface area (Å²) in [4.78, 5) is 0. The fraction of sp³-hybridized carbons (Fsp3) is 0.714. The van der Waals surface area contributed by atoms with Gasteiger partial charge in [-0.05, 0) is 44.7 Å². The van der Waals surface area contributed by atoms with Gasteiger partial charge in [0, 0.05) is 13.2 Å². The minimum atomic E-state index is -3.28. The summed E-state index contributed by atoms with van der Waals surface area (Å²) in [6.45, 7) is 3.14. The van der Waals surface area contributed by atoms with E-state index in [9.17, 15) is 8.42 Å². The van der Waals surface area contributed by atoms with Gasteiger partial charge < -0.3 is 9.15 Å². The van der Waals surface area contributed by atoms with Crippen molar-refractivity contribution in [2.75, 3.05) is 18.9 Å². The van der Waals surface area contributed by atoms with Crippen LogP contribution >= 0.6 is 0 Å². The van der Waals surface area contributed by atoms with Crippen molar-refractivity contribution in [2.45, 2.75) is 44.8 Å². The molecule has 0 aromatic carbocycles. The van der Waals surface area contributed by atoms with Crippen molar-refractivity contribution in [1.82, 2.24) is 4.31 Å². The molecule has 0 saturated carbocycles. The van der Waals surface area contributed by atoms with Crippen molar-refractivity contribution < 1.29 is 17.6 Å². The first kappa shape index (κ1) is 14.1. The van der Waals surface area contributed by atoms with Gasteiger partial charge in [-0.25, -0.2) is 8.42 Å². The first-order valence-electron chi connectivity index (χ1n) is 7.24. The molecule has 0 unspecified atom stereocenters. The second kappa shape index (κ2) is 5.50. The number of aryl methyl sites for hydroxylation is 1. The molecule has 3 rings (SSSR count). The van der Waals surface area contributed by atoms with Gasteiger partial charge in [-0.1, -0.05) is 0 Å². The number of sulfonamides is 1. The van der Waals surface area contributed by atoms with E-state index in [0.717, 1.165) is 37.2 Å². The number of furan rings is 1. The quantitative estimate of drug-likeness (QED) is 0.855. The molecule has 1 aromatic heterocycles. The summed E-state index contributed by atoms with van der Waals surface area (Å²) in [7, 11) is -3.28. The van der Waals surface area contributed by atoms with Crippen LogP contribution in [0.1, 0.15) is 43.2 Å². The Morgan fingerprint density at radius 2 is 2.15 bits per heavy atom. The van der Waals surface area contributed by atoms with Crippen LogP contribution in [0.5, 0.6) is 0 Å². The molecular formula is C14H21NO4S. The van der Waals surface area contributed by atoms with Crippen LogP contribution in [-0.4, -0.2) is 37.7 Å². The van der Waals surface area contributed by atoms with Crippen LogP contribution in [0.2, 0.25) is 0 Å². The van der Waals surface area contributed by atoms with Gasteiger partial charge in [0.15, 0.2) is 0 Å². The van der Waals surface area contributed by atoms with E-state index in [0.29, 0.717) is 13.2 Å².